The molecule has 0 bridgehead atoms. The lowest BCUT2D eigenvalue weighted by atomic mass is 9.96. The molecule has 4 heterocycles. The molecule has 21 heteroatoms. The average molecular weight is 572 g/mol. The van der Waals surface area contributed by atoms with Gasteiger partial charge >= 0.3 is 23.5 Å². The number of hydrogen-bond donors (Lipinski definition) is 7. The third-order valence-electron chi connectivity index (χ3n) is 5.11. The molecular formula is C15H19N4O14P3. The van der Waals surface area contributed by atoms with Gasteiger partial charge in [0, 0.05) is 17.6 Å². The first-order valence-electron chi connectivity index (χ1n) is 9.68. The van der Waals surface area contributed by atoms with E-state index in [9.17, 15) is 38.5 Å². The fourth-order valence-corrected chi connectivity index (χ4v) is 6.71. The number of phosphoric ester groups is 1. The molecule has 0 radical (unpaired) electrons. The SMILES string of the molecule is C[C@@]1(O)[C@H](O)[C@@H](COP(=O)(O)OP(=O)(O)OP(=O)(O)O)O[C@H]1n1cc2ccc(=O)nc3c2c1N=CN3. The highest BCUT2D eigenvalue weighted by molar-refractivity contribution is 7.66. The lowest BCUT2D eigenvalue weighted by Gasteiger charge is -2.28. The number of hydrogen-bond acceptors (Lipinski definition) is 13. The molecule has 1 saturated heterocycles. The van der Waals surface area contributed by atoms with Crippen LogP contribution in [0.25, 0.3) is 10.8 Å². The van der Waals surface area contributed by atoms with Gasteiger partial charge in [-0.1, -0.05) is 0 Å². The first-order chi connectivity index (χ1) is 16.5. The first-order valence-corrected chi connectivity index (χ1v) is 14.2. The molecule has 18 nitrogen and oxygen atoms in total. The number of aromatic nitrogens is 2. The fraction of sp³-hybridized carbons (Fsp3) is 0.400. The van der Waals surface area contributed by atoms with Crippen LogP contribution in [0.3, 0.4) is 0 Å². The van der Waals surface area contributed by atoms with Crippen LogP contribution in [0.1, 0.15) is 13.2 Å². The average Bonchev–Trinajstić information content (AvgIpc) is 3.11. The lowest BCUT2D eigenvalue weighted by molar-refractivity contribution is -0.0954. The summed E-state index contributed by atoms with van der Waals surface area (Å²) in [7, 11) is -16.8. The van der Waals surface area contributed by atoms with Crippen LogP contribution in [0.15, 0.2) is 28.1 Å². The van der Waals surface area contributed by atoms with Gasteiger partial charge in [0.25, 0.3) is 5.56 Å². The van der Waals surface area contributed by atoms with Gasteiger partial charge in [-0.05, 0) is 13.0 Å². The van der Waals surface area contributed by atoms with Crippen molar-refractivity contribution < 1.29 is 61.4 Å². The Balaban J connectivity index is 1.57. The number of aliphatic hydroxyl groups is 2. The molecule has 198 valence electrons. The molecule has 2 aliphatic rings. The largest absolute Gasteiger partial charge is 0.490 e. The van der Waals surface area contributed by atoms with Gasteiger partial charge in [-0.25, -0.2) is 18.7 Å². The van der Waals surface area contributed by atoms with E-state index in [2.05, 4.69) is 28.4 Å². The summed E-state index contributed by atoms with van der Waals surface area (Å²) in [6.45, 7) is 0.212. The Morgan fingerprint density at radius 1 is 1.17 bits per heavy atom. The van der Waals surface area contributed by atoms with Gasteiger partial charge in [0.15, 0.2) is 6.23 Å². The maximum atomic E-state index is 12.0. The molecule has 7 N–H and O–H groups in total. The van der Waals surface area contributed by atoms with Crippen LogP contribution in [-0.2, 0) is 31.6 Å². The molecule has 0 aromatic carbocycles. The van der Waals surface area contributed by atoms with Crippen molar-refractivity contribution in [2.45, 2.75) is 31.0 Å². The molecule has 0 spiro atoms. The zero-order valence-electron chi connectivity index (χ0n) is 17.9. The second-order valence-corrected chi connectivity index (χ2v) is 12.2. The summed E-state index contributed by atoms with van der Waals surface area (Å²) in [6.07, 6.45) is -1.91. The summed E-state index contributed by atoms with van der Waals surface area (Å²) in [5.41, 5.74) is -2.57. The second kappa shape index (κ2) is 9.15. The minimum atomic E-state index is -5.74. The Bertz CT molecular complexity index is 1440. The molecule has 36 heavy (non-hydrogen) atoms. The van der Waals surface area contributed by atoms with Crippen LogP contribution in [0.5, 0.6) is 0 Å². The van der Waals surface area contributed by atoms with Crippen molar-refractivity contribution in [2.75, 3.05) is 11.9 Å². The standard InChI is InChI=1S/C15H19N4O14P3/c1-15(22)11(21)8(5-30-35(26,27)33-36(28,29)32-34(23,24)25)31-14(15)19-4-7-2-3-9(20)18-12-10(7)13(19)17-6-16-12/h2-4,6,8,11,14,21-22H,5H2,1H3,(H,26,27)(H,28,29)(H2,23,24,25)(H,16,17,18,20)/t8-,11-,14-,15-/m1/s1. The van der Waals surface area contributed by atoms with E-state index in [1.807, 2.05) is 0 Å². The molecule has 2 aliphatic heterocycles. The summed E-state index contributed by atoms with van der Waals surface area (Å²) < 4.78 is 52.9. The van der Waals surface area contributed by atoms with E-state index in [4.69, 9.17) is 14.5 Å². The van der Waals surface area contributed by atoms with Crippen molar-refractivity contribution in [1.82, 2.24) is 9.55 Å². The minimum Gasteiger partial charge on any atom is -0.387 e. The van der Waals surface area contributed by atoms with Crippen LogP contribution in [0.4, 0.5) is 11.6 Å². The number of phosphoric acid groups is 3. The monoisotopic (exact) mass is 572 g/mol. The van der Waals surface area contributed by atoms with Gasteiger partial charge in [-0.15, -0.1) is 0 Å². The number of nitrogens with one attached hydrogen (secondary N) is 1. The molecule has 1 fully saturated rings. The number of anilines is 1. The molecule has 0 amide bonds. The third kappa shape index (κ3) is 5.51. The molecule has 2 aromatic heterocycles. The van der Waals surface area contributed by atoms with Gasteiger partial charge in [0.05, 0.1) is 18.3 Å². The Kier molecular flexibility index (Phi) is 6.90. The molecular weight excluding hydrogens is 553 g/mol. The van der Waals surface area contributed by atoms with E-state index in [1.165, 1.54) is 36.2 Å². The van der Waals surface area contributed by atoms with E-state index in [1.54, 1.807) is 0 Å². The van der Waals surface area contributed by atoms with E-state index >= 15 is 0 Å². The van der Waals surface area contributed by atoms with Gasteiger partial charge in [-0.2, -0.15) is 13.6 Å². The highest BCUT2D eigenvalue weighted by Gasteiger charge is 2.54. The Hall–Kier alpha value is -1.88. The minimum absolute atomic E-state index is 0.186. The predicted molar refractivity (Wildman–Crippen MR) is 118 cm³/mol. The third-order valence-corrected chi connectivity index (χ3v) is 8.92. The second-order valence-electron chi connectivity index (χ2n) is 7.81. The summed E-state index contributed by atoms with van der Waals surface area (Å²) >= 11 is 0. The van der Waals surface area contributed by atoms with E-state index in [0.29, 0.717) is 10.8 Å². The van der Waals surface area contributed by atoms with Crippen LogP contribution in [-0.4, -0.2) is 70.1 Å². The van der Waals surface area contributed by atoms with E-state index in [-0.39, 0.29) is 11.6 Å². The first kappa shape index (κ1) is 27.2. The van der Waals surface area contributed by atoms with Crippen molar-refractivity contribution in [3.8, 4) is 0 Å². The Morgan fingerprint density at radius 3 is 2.53 bits per heavy atom. The number of rotatable bonds is 8. The Labute approximate surface area is 200 Å². The number of aliphatic imine (C=N–C) groups is 1. The lowest BCUT2D eigenvalue weighted by Crippen LogP contribution is -2.44. The quantitative estimate of drug-likeness (QED) is 0.202. The highest BCUT2D eigenvalue weighted by Crippen LogP contribution is 2.66. The molecule has 2 aromatic rings. The summed E-state index contributed by atoms with van der Waals surface area (Å²) in [4.78, 5) is 55.9. The molecule has 0 aliphatic carbocycles. The van der Waals surface area contributed by atoms with Crippen molar-refractivity contribution in [3.63, 3.8) is 0 Å². The van der Waals surface area contributed by atoms with Gasteiger partial charge in [0.1, 0.15) is 29.4 Å². The van der Waals surface area contributed by atoms with E-state index < -0.39 is 59.7 Å². The normalized spacial score (nSPS) is 29.0. The number of aliphatic hydroxyl groups excluding tert-OH is 1. The number of ether oxygens (including phenoxy) is 1. The summed E-state index contributed by atoms with van der Waals surface area (Å²) in [6, 6.07) is 2.67. The molecule has 6 atom stereocenters. The van der Waals surface area contributed by atoms with Crippen molar-refractivity contribution in [1.29, 1.82) is 0 Å². The topological polar surface area (TPSA) is 269 Å². The van der Waals surface area contributed by atoms with Crippen molar-refractivity contribution in [2.24, 2.45) is 4.99 Å². The maximum Gasteiger partial charge on any atom is 0.490 e. The zero-order chi connectivity index (χ0) is 26.7. The van der Waals surface area contributed by atoms with Gasteiger partial charge in [-0.3, -0.25) is 9.32 Å². The predicted octanol–water partition coefficient (Wildman–Crippen LogP) is -0.166. The molecule has 2 unspecified atom stereocenters. The molecule has 4 rings (SSSR count). The summed E-state index contributed by atoms with van der Waals surface area (Å²) in [5, 5.41) is 25.2. The van der Waals surface area contributed by atoms with Crippen molar-refractivity contribution >= 4 is 52.2 Å². The maximum absolute atomic E-state index is 12.0. The van der Waals surface area contributed by atoms with Crippen LogP contribution in [0, 0.1) is 0 Å². The van der Waals surface area contributed by atoms with Crippen LogP contribution >= 0.6 is 23.5 Å². The summed E-state index contributed by atoms with van der Waals surface area (Å²) in [5.74, 6) is 0.388. The highest BCUT2D eigenvalue weighted by atomic mass is 31.3. The smallest absolute Gasteiger partial charge is 0.387 e. The van der Waals surface area contributed by atoms with E-state index in [0.717, 1.165) is 0 Å². The van der Waals surface area contributed by atoms with Crippen LogP contribution < -0.4 is 10.9 Å². The van der Waals surface area contributed by atoms with Crippen LogP contribution in [0.2, 0.25) is 0 Å². The van der Waals surface area contributed by atoms with Gasteiger partial charge in [0.2, 0.25) is 0 Å². The molecule has 0 saturated carbocycles. The van der Waals surface area contributed by atoms with Crippen molar-refractivity contribution in [3.05, 3.63) is 28.7 Å². The zero-order valence-corrected chi connectivity index (χ0v) is 20.6. The van der Waals surface area contributed by atoms with Gasteiger partial charge < -0.3 is 44.4 Å². The Morgan fingerprint density at radius 2 is 1.86 bits per heavy atom. The fourth-order valence-electron chi connectivity index (χ4n) is 3.68. The number of nitrogens with zero attached hydrogens (tertiary/aromatic N) is 3.